The van der Waals surface area contributed by atoms with Crippen LogP contribution in [0.4, 0.5) is 0 Å². The van der Waals surface area contributed by atoms with Crippen LogP contribution in [-0.4, -0.2) is 5.97 Å². The summed E-state index contributed by atoms with van der Waals surface area (Å²) in [6.45, 7) is 0. The minimum absolute atomic E-state index is 0.347. The molecular formula is C14H7ClO4S. The molecule has 0 aliphatic carbocycles. The predicted molar refractivity (Wildman–Crippen MR) is 76.8 cm³/mol. The molecule has 100 valence electrons. The van der Waals surface area contributed by atoms with E-state index in [2.05, 4.69) is 0 Å². The molecule has 0 saturated carbocycles. The number of fused-ring (bicyclic) bond motifs is 1. The highest BCUT2D eigenvalue weighted by Crippen LogP contribution is 2.23. The Balaban J connectivity index is 1.88. The molecule has 0 atom stereocenters. The third-order valence-corrected chi connectivity index (χ3v) is 3.60. The van der Waals surface area contributed by atoms with Crippen molar-refractivity contribution in [3.8, 4) is 5.75 Å². The quantitative estimate of drug-likeness (QED) is 0.535. The van der Waals surface area contributed by atoms with Crippen LogP contribution in [0.1, 0.15) is 10.4 Å². The molecule has 0 aliphatic heterocycles. The molecule has 0 saturated heterocycles. The Hall–Kier alpha value is -2.11. The van der Waals surface area contributed by atoms with Gasteiger partial charge in [0.2, 0.25) is 0 Å². The Morgan fingerprint density at radius 1 is 1.20 bits per heavy atom. The van der Waals surface area contributed by atoms with Gasteiger partial charge in [-0.3, -0.25) is 0 Å². The van der Waals surface area contributed by atoms with E-state index in [-0.39, 0.29) is 0 Å². The normalized spacial score (nSPS) is 10.7. The van der Waals surface area contributed by atoms with E-state index in [0.29, 0.717) is 26.6 Å². The van der Waals surface area contributed by atoms with Crippen molar-refractivity contribution in [2.45, 2.75) is 0 Å². The van der Waals surface area contributed by atoms with Gasteiger partial charge in [-0.15, -0.1) is 0 Å². The van der Waals surface area contributed by atoms with E-state index in [1.165, 1.54) is 6.07 Å². The summed E-state index contributed by atoms with van der Waals surface area (Å²) in [7, 11) is 0. The number of benzene rings is 2. The van der Waals surface area contributed by atoms with E-state index in [9.17, 15) is 9.59 Å². The van der Waals surface area contributed by atoms with Crippen molar-refractivity contribution in [2.75, 3.05) is 0 Å². The second-order valence-electron chi connectivity index (χ2n) is 3.96. The Bertz CT molecular complexity index is 850. The topological polar surface area (TPSA) is 56.5 Å². The van der Waals surface area contributed by atoms with Gasteiger partial charge in [0.1, 0.15) is 11.3 Å². The number of hydrogen-bond acceptors (Lipinski definition) is 5. The molecule has 20 heavy (non-hydrogen) atoms. The standard InChI is InChI=1S/C14H7ClO4S/c15-9-3-1-2-8(6-9)13(16)18-10-4-5-11-12(7-10)20-14(17)19-11/h1-7H. The van der Waals surface area contributed by atoms with Crippen LogP contribution in [0.25, 0.3) is 10.3 Å². The largest absolute Gasteiger partial charge is 0.423 e. The second-order valence-corrected chi connectivity index (χ2v) is 5.38. The summed E-state index contributed by atoms with van der Waals surface area (Å²) in [4.78, 5) is 22.7. The Labute approximate surface area is 122 Å². The fourth-order valence-electron chi connectivity index (χ4n) is 1.70. The Morgan fingerprint density at radius 2 is 2.05 bits per heavy atom. The molecule has 1 heterocycles. The van der Waals surface area contributed by atoms with E-state index in [4.69, 9.17) is 20.8 Å². The van der Waals surface area contributed by atoms with Crippen molar-refractivity contribution in [1.29, 1.82) is 0 Å². The van der Waals surface area contributed by atoms with Crippen molar-refractivity contribution in [3.05, 3.63) is 62.8 Å². The summed E-state index contributed by atoms with van der Waals surface area (Å²) in [5.74, 6) is -0.165. The van der Waals surface area contributed by atoms with Crippen LogP contribution in [-0.2, 0) is 0 Å². The molecule has 1 aromatic heterocycles. The van der Waals surface area contributed by atoms with Crippen LogP contribution in [0.2, 0.25) is 5.02 Å². The summed E-state index contributed by atoms with van der Waals surface area (Å²) in [5.41, 5.74) is 0.834. The van der Waals surface area contributed by atoms with Gasteiger partial charge < -0.3 is 9.15 Å². The molecule has 0 bridgehead atoms. The second kappa shape index (κ2) is 5.11. The molecular weight excluding hydrogens is 300 g/mol. The van der Waals surface area contributed by atoms with E-state index >= 15 is 0 Å². The third kappa shape index (κ3) is 2.59. The molecule has 3 rings (SSSR count). The van der Waals surface area contributed by atoms with Crippen LogP contribution < -0.4 is 9.68 Å². The zero-order valence-corrected chi connectivity index (χ0v) is 11.5. The van der Waals surface area contributed by atoms with Gasteiger partial charge in [-0.2, -0.15) is 0 Å². The summed E-state index contributed by atoms with van der Waals surface area (Å²) in [6, 6.07) is 11.2. The number of carbonyl (C=O) groups excluding carboxylic acids is 1. The number of ether oxygens (including phenoxy) is 1. The predicted octanol–water partition coefficient (Wildman–Crippen LogP) is 3.73. The number of hydrogen-bond donors (Lipinski definition) is 0. The maximum Gasteiger partial charge on any atom is 0.396 e. The fourth-order valence-corrected chi connectivity index (χ4v) is 2.58. The van der Waals surface area contributed by atoms with Gasteiger partial charge in [0.25, 0.3) is 0 Å². The van der Waals surface area contributed by atoms with Gasteiger partial charge >= 0.3 is 10.9 Å². The van der Waals surface area contributed by atoms with Gasteiger partial charge in [0, 0.05) is 11.1 Å². The lowest BCUT2D eigenvalue weighted by Crippen LogP contribution is -2.08. The van der Waals surface area contributed by atoms with Crippen molar-refractivity contribution < 1.29 is 13.9 Å². The van der Waals surface area contributed by atoms with Crippen molar-refractivity contribution in [2.24, 2.45) is 0 Å². The van der Waals surface area contributed by atoms with Crippen LogP contribution in [0.5, 0.6) is 5.75 Å². The average Bonchev–Trinajstić information content (AvgIpc) is 2.78. The average molecular weight is 307 g/mol. The molecule has 0 spiro atoms. The molecule has 0 amide bonds. The molecule has 0 radical (unpaired) electrons. The third-order valence-electron chi connectivity index (χ3n) is 2.57. The molecule has 2 aromatic carbocycles. The lowest BCUT2D eigenvalue weighted by atomic mass is 10.2. The lowest BCUT2D eigenvalue weighted by Gasteiger charge is -2.04. The zero-order valence-electron chi connectivity index (χ0n) is 9.96. The molecule has 4 nitrogen and oxygen atoms in total. The zero-order chi connectivity index (χ0) is 14.1. The van der Waals surface area contributed by atoms with Gasteiger partial charge in [0.05, 0.1) is 10.3 Å². The first kappa shape index (κ1) is 12.9. The Morgan fingerprint density at radius 3 is 2.85 bits per heavy atom. The van der Waals surface area contributed by atoms with Crippen molar-refractivity contribution in [1.82, 2.24) is 0 Å². The molecule has 0 aliphatic rings. The fraction of sp³-hybridized carbons (Fsp3) is 0. The van der Waals surface area contributed by atoms with Gasteiger partial charge in [-0.05, 0) is 30.3 Å². The number of rotatable bonds is 2. The maximum absolute atomic E-state index is 11.9. The Kier molecular flexibility index (Phi) is 3.30. The first-order chi connectivity index (χ1) is 9.61. The van der Waals surface area contributed by atoms with E-state index in [1.54, 1.807) is 36.4 Å². The van der Waals surface area contributed by atoms with Crippen LogP contribution >= 0.6 is 22.9 Å². The summed E-state index contributed by atoms with van der Waals surface area (Å²) < 4.78 is 10.8. The highest BCUT2D eigenvalue weighted by Gasteiger charge is 2.10. The van der Waals surface area contributed by atoms with Gasteiger partial charge in [-0.1, -0.05) is 29.0 Å². The minimum atomic E-state index is -0.511. The van der Waals surface area contributed by atoms with Crippen LogP contribution in [0.15, 0.2) is 51.7 Å². The summed E-state index contributed by atoms with van der Waals surface area (Å²) >= 11 is 6.78. The van der Waals surface area contributed by atoms with E-state index in [1.807, 2.05) is 0 Å². The van der Waals surface area contributed by atoms with E-state index in [0.717, 1.165) is 11.3 Å². The molecule has 0 fully saturated rings. The summed E-state index contributed by atoms with van der Waals surface area (Å²) in [5, 5.41) is 0.461. The van der Waals surface area contributed by atoms with Crippen molar-refractivity contribution in [3.63, 3.8) is 0 Å². The highest BCUT2D eigenvalue weighted by molar-refractivity contribution is 7.16. The van der Waals surface area contributed by atoms with Gasteiger partial charge in [-0.25, -0.2) is 9.59 Å². The lowest BCUT2D eigenvalue weighted by molar-refractivity contribution is 0.0735. The maximum atomic E-state index is 11.9. The smallest absolute Gasteiger partial charge is 0.396 e. The number of esters is 1. The monoisotopic (exact) mass is 306 g/mol. The first-order valence-electron chi connectivity index (χ1n) is 5.63. The molecule has 6 heteroatoms. The molecule has 0 N–H and O–H groups in total. The van der Waals surface area contributed by atoms with E-state index < -0.39 is 10.9 Å². The SMILES string of the molecule is O=C(Oc1ccc2oc(=O)sc2c1)c1cccc(Cl)c1. The summed E-state index contributed by atoms with van der Waals surface area (Å²) in [6.07, 6.45) is 0. The van der Waals surface area contributed by atoms with Crippen LogP contribution in [0.3, 0.4) is 0 Å². The van der Waals surface area contributed by atoms with Crippen LogP contribution in [0, 0.1) is 0 Å². The van der Waals surface area contributed by atoms with Crippen molar-refractivity contribution >= 4 is 39.2 Å². The molecule has 0 unspecified atom stereocenters. The highest BCUT2D eigenvalue weighted by atomic mass is 35.5. The van der Waals surface area contributed by atoms with Gasteiger partial charge in [0.15, 0.2) is 0 Å². The number of carbonyl (C=O) groups is 1. The molecule has 3 aromatic rings. The minimum Gasteiger partial charge on any atom is -0.423 e. The number of halogens is 1. The first-order valence-corrected chi connectivity index (χ1v) is 6.83.